The number of hydrogen-bond acceptors (Lipinski definition) is 4. The van der Waals surface area contributed by atoms with Crippen LogP contribution in [0.3, 0.4) is 0 Å². The molecule has 0 saturated heterocycles. The van der Waals surface area contributed by atoms with E-state index in [1.807, 2.05) is 17.9 Å². The second-order valence-corrected chi connectivity index (χ2v) is 3.79. The van der Waals surface area contributed by atoms with Crippen molar-refractivity contribution in [3.05, 3.63) is 17.5 Å². The molecule has 0 fully saturated rings. The van der Waals surface area contributed by atoms with Crippen LogP contribution in [0.4, 0.5) is 0 Å². The molecule has 2 heterocycles. The first-order valence-electron chi connectivity index (χ1n) is 3.37. The van der Waals surface area contributed by atoms with Crippen LogP contribution < -0.4 is 0 Å². The number of fused-ring (bicyclic) bond motifs is 1. The van der Waals surface area contributed by atoms with Crippen LogP contribution in [0.5, 0.6) is 0 Å². The molecule has 1 aromatic rings. The summed E-state index contributed by atoms with van der Waals surface area (Å²) in [6.07, 6.45) is 1.93. The normalized spacial score (nSPS) is 17.3. The fraction of sp³-hybridized carbons (Fsp3) is 0.500. The summed E-state index contributed by atoms with van der Waals surface area (Å²) >= 11 is 4.14. The van der Waals surface area contributed by atoms with E-state index >= 15 is 0 Å². The van der Waals surface area contributed by atoms with Gasteiger partial charge in [0.25, 0.3) is 0 Å². The van der Waals surface area contributed by atoms with Gasteiger partial charge in [0, 0.05) is 19.2 Å². The van der Waals surface area contributed by atoms with E-state index < -0.39 is 0 Å². The summed E-state index contributed by atoms with van der Waals surface area (Å²) in [5, 5.41) is 4.16. The van der Waals surface area contributed by atoms with Crippen LogP contribution in [0.25, 0.3) is 0 Å². The molecule has 0 saturated carbocycles. The van der Waals surface area contributed by atoms with Gasteiger partial charge in [-0.1, -0.05) is 11.7 Å². The Kier molecular flexibility index (Phi) is 1.86. The summed E-state index contributed by atoms with van der Waals surface area (Å²) in [5.41, 5.74) is 2.64. The molecular weight excluding hydrogens is 178 g/mol. The van der Waals surface area contributed by atoms with Crippen molar-refractivity contribution in [3.63, 3.8) is 0 Å². The quantitative estimate of drug-likeness (QED) is 0.406. The molecule has 0 amide bonds. The monoisotopic (exact) mass is 187 g/mol. The van der Waals surface area contributed by atoms with Gasteiger partial charge < -0.3 is 0 Å². The highest BCUT2D eigenvalue weighted by Gasteiger charge is 2.21. The van der Waals surface area contributed by atoms with Crippen molar-refractivity contribution in [2.75, 3.05) is 0 Å². The second-order valence-electron chi connectivity index (χ2n) is 2.62. The first kappa shape index (κ1) is 7.52. The molecule has 0 radical (unpaired) electrons. The van der Waals surface area contributed by atoms with Gasteiger partial charge in [0.2, 0.25) is 0 Å². The molecule has 1 aliphatic heterocycles. The summed E-state index contributed by atoms with van der Waals surface area (Å²) in [6, 6.07) is 0. The first-order valence-corrected chi connectivity index (χ1v) is 5.20. The van der Waals surface area contributed by atoms with Gasteiger partial charge in [-0.25, -0.2) is 4.31 Å². The van der Waals surface area contributed by atoms with Crippen LogP contribution in [0, 0.1) is 0 Å². The van der Waals surface area contributed by atoms with Gasteiger partial charge in [-0.2, -0.15) is 5.10 Å². The van der Waals surface area contributed by atoms with E-state index in [-0.39, 0.29) is 0 Å². The third kappa shape index (κ3) is 1.17. The van der Waals surface area contributed by atoms with Crippen LogP contribution in [-0.2, 0) is 20.1 Å². The Hall–Kier alpha value is -0.130. The van der Waals surface area contributed by atoms with Crippen molar-refractivity contribution in [1.82, 2.24) is 14.1 Å². The maximum Gasteiger partial charge on any atom is 0.0576 e. The highest BCUT2D eigenvalue weighted by molar-refractivity contribution is 8.67. The SMILES string of the molecule is Cn1ncc2c1CN(SS)C2. The Morgan fingerprint density at radius 2 is 2.45 bits per heavy atom. The molecule has 11 heavy (non-hydrogen) atoms. The predicted molar refractivity (Wildman–Crippen MR) is 49.0 cm³/mol. The molecule has 0 unspecified atom stereocenters. The lowest BCUT2D eigenvalue weighted by molar-refractivity contribution is 0.494. The van der Waals surface area contributed by atoms with Crippen molar-refractivity contribution < 1.29 is 0 Å². The van der Waals surface area contributed by atoms with Crippen molar-refractivity contribution in [2.45, 2.75) is 13.1 Å². The summed E-state index contributed by atoms with van der Waals surface area (Å²) in [6.45, 7) is 1.93. The van der Waals surface area contributed by atoms with E-state index in [0.717, 1.165) is 13.1 Å². The molecule has 0 aliphatic carbocycles. The molecule has 60 valence electrons. The molecule has 3 nitrogen and oxygen atoms in total. The van der Waals surface area contributed by atoms with Crippen LogP contribution in [0.1, 0.15) is 11.3 Å². The maximum absolute atomic E-state index is 4.16. The zero-order valence-corrected chi connectivity index (χ0v) is 7.90. The third-order valence-electron chi connectivity index (χ3n) is 1.94. The van der Waals surface area contributed by atoms with Gasteiger partial charge in [-0.3, -0.25) is 4.68 Å². The molecular formula is C6H9N3S2. The minimum absolute atomic E-state index is 0.958. The second kappa shape index (κ2) is 2.73. The van der Waals surface area contributed by atoms with Crippen molar-refractivity contribution in [3.8, 4) is 0 Å². The number of nitrogens with zero attached hydrogens (tertiary/aromatic N) is 3. The summed E-state index contributed by atoms with van der Waals surface area (Å²) in [7, 11) is 3.47. The van der Waals surface area contributed by atoms with Crippen LogP contribution >= 0.6 is 22.6 Å². The molecule has 0 bridgehead atoms. The van der Waals surface area contributed by atoms with E-state index in [4.69, 9.17) is 0 Å². The third-order valence-corrected chi connectivity index (χ3v) is 3.12. The number of rotatable bonds is 1. The highest BCUT2D eigenvalue weighted by atomic mass is 33.1. The molecule has 1 aliphatic rings. The molecule has 1 aromatic heterocycles. The molecule has 2 rings (SSSR count). The Bertz CT molecular complexity index is 271. The van der Waals surface area contributed by atoms with Crippen molar-refractivity contribution in [2.24, 2.45) is 7.05 Å². The lowest BCUT2D eigenvalue weighted by Crippen LogP contribution is -2.06. The molecule has 0 spiro atoms. The summed E-state index contributed by atoms with van der Waals surface area (Å²) in [5.74, 6) is 0. The first-order chi connectivity index (χ1) is 5.31. The smallest absolute Gasteiger partial charge is 0.0576 e. The van der Waals surface area contributed by atoms with Crippen molar-refractivity contribution >= 4 is 22.6 Å². The average molecular weight is 187 g/mol. The summed E-state index contributed by atoms with van der Waals surface area (Å²) < 4.78 is 4.12. The minimum Gasteiger partial charge on any atom is -0.271 e. The topological polar surface area (TPSA) is 21.1 Å². The lowest BCUT2D eigenvalue weighted by atomic mass is 10.3. The van der Waals surface area contributed by atoms with E-state index in [1.54, 1.807) is 0 Å². The van der Waals surface area contributed by atoms with Crippen LogP contribution in [-0.4, -0.2) is 14.1 Å². The molecule has 0 N–H and O–H groups in total. The van der Waals surface area contributed by atoms with Gasteiger partial charge in [0.15, 0.2) is 0 Å². The van der Waals surface area contributed by atoms with Gasteiger partial charge >= 0.3 is 0 Å². The van der Waals surface area contributed by atoms with E-state index in [0.29, 0.717) is 0 Å². The fourth-order valence-electron chi connectivity index (χ4n) is 1.31. The van der Waals surface area contributed by atoms with E-state index in [9.17, 15) is 0 Å². The fourth-order valence-corrected chi connectivity index (χ4v) is 2.04. The van der Waals surface area contributed by atoms with E-state index in [2.05, 4.69) is 21.1 Å². The lowest BCUT2D eigenvalue weighted by Gasteiger charge is -2.08. The standard InChI is InChI=1S/C6H9N3S2/c1-8-6-4-9(11-10)3-5(6)2-7-8/h2,10H,3-4H2,1H3. The Morgan fingerprint density at radius 3 is 3.09 bits per heavy atom. The molecule has 0 aromatic carbocycles. The Labute approximate surface area is 74.7 Å². The number of aromatic nitrogens is 2. The maximum atomic E-state index is 4.16. The molecule has 0 atom stereocenters. The predicted octanol–water partition coefficient (Wildman–Crippen LogP) is 1.23. The zero-order valence-electron chi connectivity index (χ0n) is 6.19. The van der Waals surface area contributed by atoms with Crippen LogP contribution in [0.15, 0.2) is 6.20 Å². The van der Waals surface area contributed by atoms with Gasteiger partial charge in [0.1, 0.15) is 0 Å². The number of thiol groups is 1. The number of aryl methyl sites for hydroxylation is 1. The van der Waals surface area contributed by atoms with Crippen LogP contribution in [0.2, 0.25) is 0 Å². The average Bonchev–Trinajstić information content (AvgIpc) is 2.53. The number of hydrogen-bond donors (Lipinski definition) is 1. The minimum atomic E-state index is 0.958. The van der Waals surface area contributed by atoms with Gasteiger partial charge in [-0.05, 0) is 11.0 Å². The highest BCUT2D eigenvalue weighted by Crippen LogP contribution is 2.28. The Morgan fingerprint density at radius 1 is 1.64 bits per heavy atom. The molecule has 5 heteroatoms. The summed E-state index contributed by atoms with van der Waals surface area (Å²) in [4.78, 5) is 0. The zero-order chi connectivity index (χ0) is 7.84. The van der Waals surface area contributed by atoms with Gasteiger partial charge in [-0.15, -0.1) is 0 Å². The van der Waals surface area contributed by atoms with Crippen molar-refractivity contribution in [1.29, 1.82) is 0 Å². The van der Waals surface area contributed by atoms with E-state index in [1.165, 1.54) is 22.2 Å². The Balaban J connectivity index is 2.27. The van der Waals surface area contributed by atoms with Gasteiger partial charge in [0.05, 0.1) is 18.4 Å². The largest absolute Gasteiger partial charge is 0.271 e.